The number of hydrogen-bond donors (Lipinski definition) is 3. The van der Waals surface area contributed by atoms with Crippen molar-refractivity contribution in [2.75, 3.05) is 6.54 Å². The standard InChI is InChI=1S/C10H9Cl2N3O5/c11-5-1-4(2-6(8(5)12)15(19)20)10(18)14-3-7(16)9(13)17/h1-2,7,16H,3H2,(H2,13,17)(H,14,18). The van der Waals surface area contributed by atoms with Crippen molar-refractivity contribution in [3.05, 3.63) is 37.9 Å². The molecule has 0 bridgehead atoms. The molecule has 1 rings (SSSR count). The molecule has 0 saturated carbocycles. The van der Waals surface area contributed by atoms with E-state index in [0.29, 0.717) is 0 Å². The van der Waals surface area contributed by atoms with Gasteiger partial charge in [0, 0.05) is 11.6 Å². The molecule has 0 fully saturated rings. The summed E-state index contributed by atoms with van der Waals surface area (Å²) in [6.07, 6.45) is -1.56. The molecule has 0 heterocycles. The first kappa shape index (κ1) is 16.2. The lowest BCUT2D eigenvalue weighted by Crippen LogP contribution is -2.40. The average molecular weight is 322 g/mol. The van der Waals surface area contributed by atoms with E-state index in [9.17, 15) is 19.7 Å². The van der Waals surface area contributed by atoms with Crippen molar-refractivity contribution >= 4 is 40.7 Å². The second-order valence-electron chi connectivity index (χ2n) is 3.68. The Morgan fingerprint density at radius 3 is 2.55 bits per heavy atom. The van der Waals surface area contributed by atoms with E-state index in [1.165, 1.54) is 0 Å². The van der Waals surface area contributed by atoms with Crippen LogP contribution in [0.2, 0.25) is 10.0 Å². The van der Waals surface area contributed by atoms with Crippen LogP contribution in [0.25, 0.3) is 0 Å². The third-order valence-corrected chi connectivity index (χ3v) is 3.04. The van der Waals surface area contributed by atoms with Crippen LogP contribution in [0.15, 0.2) is 12.1 Å². The second-order valence-corrected chi connectivity index (χ2v) is 4.46. The Hall–Kier alpha value is -1.90. The Morgan fingerprint density at radius 2 is 2.05 bits per heavy atom. The maximum Gasteiger partial charge on any atom is 0.290 e. The number of nitrogens with two attached hydrogens (primary N) is 1. The minimum atomic E-state index is -1.56. The van der Waals surface area contributed by atoms with Gasteiger partial charge in [0.1, 0.15) is 11.1 Å². The molecule has 20 heavy (non-hydrogen) atoms. The van der Waals surface area contributed by atoms with Gasteiger partial charge in [0.2, 0.25) is 5.91 Å². The molecule has 0 saturated heterocycles. The zero-order chi connectivity index (χ0) is 15.4. The van der Waals surface area contributed by atoms with Crippen LogP contribution in [0.1, 0.15) is 10.4 Å². The van der Waals surface area contributed by atoms with Gasteiger partial charge in [-0.25, -0.2) is 0 Å². The summed E-state index contributed by atoms with van der Waals surface area (Å²) in [5, 5.41) is 21.6. The van der Waals surface area contributed by atoms with Crippen LogP contribution in [0.4, 0.5) is 5.69 Å². The fraction of sp³-hybridized carbons (Fsp3) is 0.200. The van der Waals surface area contributed by atoms with E-state index in [4.69, 9.17) is 34.0 Å². The summed E-state index contributed by atoms with van der Waals surface area (Å²) < 4.78 is 0. The highest BCUT2D eigenvalue weighted by atomic mass is 35.5. The Labute approximate surface area is 122 Å². The number of halogens is 2. The molecule has 1 unspecified atom stereocenters. The number of nitro groups is 1. The molecule has 1 atom stereocenters. The van der Waals surface area contributed by atoms with Crippen molar-refractivity contribution in [3.63, 3.8) is 0 Å². The molecule has 0 spiro atoms. The number of benzene rings is 1. The van der Waals surface area contributed by atoms with Crippen LogP contribution >= 0.6 is 23.2 Å². The van der Waals surface area contributed by atoms with Gasteiger partial charge in [0.25, 0.3) is 11.6 Å². The van der Waals surface area contributed by atoms with Crippen LogP contribution in [-0.2, 0) is 4.79 Å². The number of hydrogen-bond acceptors (Lipinski definition) is 5. The van der Waals surface area contributed by atoms with E-state index in [1.807, 2.05) is 0 Å². The molecule has 1 aromatic rings. The third-order valence-electron chi connectivity index (χ3n) is 2.25. The molecule has 4 N–H and O–H groups in total. The fourth-order valence-electron chi connectivity index (χ4n) is 1.23. The molecular formula is C10H9Cl2N3O5. The lowest BCUT2D eigenvalue weighted by molar-refractivity contribution is -0.384. The Morgan fingerprint density at radius 1 is 1.45 bits per heavy atom. The Balaban J connectivity index is 2.94. The highest BCUT2D eigenvalue weighted by Crippen LogP contribution is 2.32. The number of primary amides is 1. The van der Waals surface area contributed by atoms with Gasteiger partial charge in [-0.3, -0.25) is 19.7 Å². The van der Waals surface area contributed by atoms with Crippen LogP contribution in [0, 0.1) is 10.1 Å². The maximum atomic E-state index is 11.7. The average Bonchev–Trinajstić information content (AvgIpc) is 2.37. The lowest BCUT2D eigenvalue weighted by Gasteiger charge is -2.09. The molecule has 0 aliphatic rings. The van der Waals surface area contributed by atoms with Crippen LogP contribution in [-0.4, -0.2) is 34.5 Å². The molecule has 0 aliphatic carbocycles. The van der Waals surface area contributed by atoms with Gasteiger partial charge in [-0.15, -0.1) is 0 Å². The number of carbonyl (C=O) groups is 2. The van der Waals surface area contributed by atoms with Crippen molar-refractivity contribution in [2.45, 2.75) is 6.10 Å². The van der Waals surface area contributed by atoms with Gasteiger partial charge in [0.15, 0.2) is 0 Å². The van der Waals surface area contributed by atoms with Gasteiger partial charge in [-0.1, -0.05) is 23.2 Å². The molecule has 0 aliphatic heterocycles. The summed E-state index contributed by atoms with van der Waals surface area (Å²) in [5.74, 6) is -1.78. The van der Waals surface area contributed by atoms with Gasteiger partial charge in [0.05, 0.1) is 16.5 Å². The van der Waals surface area contributed by atoms with E-state index < -0.39 is 35.1 Å². The zero-order valence-corrected chi connectivity index (χ0v) is 11.3. The highest BCUT2D eigenvalue weighted by Gasteiger charge is 2.21. The summed E-state index contributed by atoms with van der Waals surface area (Å²) in [6, 6.07) is 2.06. The van der Waals surface area contributed by atoms with Crippen molar-refractivity contribution in [1.29, 1.82) is 0 Å². The summed E-state index contributed by atoms with van der Waals surface area (Å²) in [5.41, 5.74) is 4.14. The molecule has 0 radical (unpaired) electrons. The third kappa shape index (κ3) is 3.80. The molecule has 1 aromatic carbocycles. The largest absolute Gasteiger partial charge is 0.381 e. The minimum absolute atomic E-state index is 0.136. The second kappa shape index (κ2) is 6.51. The number of aliphatic hydroxyl groups is 1. The summed E-state index contributed by atoms with van der Waals surface area (Å²) in [4.78, 5) is 32.2. The lowest BCUT2D eigenvalue weighted by atomic mass is 10.2. The molecule has 8 nitrogen and oxygen atoms in total. The van der Waals surface area contributed by atoms with Crippen LogP contribution in [0.5, 0.6) is 0 Å². The van der Waals surface area contributed by atoms with Crippen molar-refractivity contribution < 1.29 is 19.6 Å². The fourth-order valence-corrected chi connectivity index (χ4v) is 1.62. The van der Waals surface area contributed by atoms with Crippen molar-refractivity contribution in [2.24, 2.45) is 5.73 Å². The van der Waals surface area contributed by atoms with Gasteiger partial charge >= 0.3 is 0 Å². The molecule has 0 aromatic heterocycles. The maximum absolute atomic E-state index is 11.7. The molecular weight excluding hydrogens is 313 g/mol. The first-order valence-corrected chi connectivity index (χ1v) is 5.88. The number of carbonyl (C=O) groups excluding carboxylic acids is 2. The van der Waals surface area contributed by atoms with Crippen molar-refractivity contribution in [3.8, 4) is 0 Å². The zero-order valence-electron chi connectivity index (χ0n) is 9.80. The number of amides is 2. The van der Waals surface area contributed by atoms with Crippen molar-refractivity contribution in [1.82, 2.24) is 5.32 Å². The van der Waals surface area contributed by atoms with Crippen LogP contribution in [0.3, 0.4) is 0 Å². The quantitative estimate of drug-likeness (QED) is 0.535. The predicted molar refractivity (Wildman–Crippen MR) is 70.7 cm³/mol. The van der Waals surface area contributed by atoms with Gasteiger partial charge < -0.3 is 16.2 Å². The van der Waals surface area contributed by atoms with Crippen LogP contribution < -0.4 is 11.1 Å². The minimum Gasteiger partial charge on any atom is -0.381 e. The number of nitro benzene ring substituents is 1. The predicted octanol–water partition coefficient (Wildman–Crippen LogP) is 0.478. The monoisotopic (exact) mass is 321 g/mol. The van der Waals surface area contributed by atoms with E-state index >= 15 is 0 Å². The van der Waals surface area contributed by atoms with Gasteiger partial charge in [-0.05, 0) is 6.07 Å². The topological polar surface area (TPSA) is 136 Å². The summed E-state index contributed by atoms with van der Waals surface area (Å²) in [7, 11) is 0. The van der Waals surface area contributed by atoms with Gasteiger partial charge in [-0.2, -0.15) is 0 Å². The molecule has 2 amide bonds. The summed E-state index contributed by atoms with van der Waals surface area (Å²) in [6.45, 7) is -0.428. The number of nitrogens with one attached hydrogen (secondary N) is 1. The van der Waals surface area contributed by atoms with E-state index in [2.05, 4.69) is 5.32 Å². The van der Waals surface area contributed by atoms with E-state index in [1.54, 1.807) is 0 Å². The summed E-state index contributed by atoms with van der Waals surface area (Å²) >= 11 is 11.3. The highest BCUT2D eigenvalue weighted by molar-refractivity contribution is 6.43. The Bertz CT molecular complexity index is 578. The molecule has 10 heteroatoms. The smallest absolute Gasteiger partial charge is 0.290 e. The molecule has 108 valence electrons. The SMILES string of the molecule is NC(=O)C(O)CNC(=O)c1cc(Cl)c(Cl)c([N+](=O)[O-])c1. The first-order valence-electron chi connectivity index (χ1n) is 5.13. The normalized spacial score (nSPS) is 11.8. The van der Waals surface area contributed by atoms with E-state index in [0.717, 1.165) is 12.1 Å². The number of nitrogens with zero attached hydrogens (tertiary/aromatic N) is 1. The van der Waals surface area contributed by atoms with E-state index in [-0.39, 0.29) is 15.6 Å². The Kier molecular flexibility index (Phi) is 5.26. The first-order chi connectivity index (χ1) is 9.23. The number of aliphatic hydroxyl groups excluding tert-OH is 1. The number of rotatable bonds is 5.